The van der Waals surface area contributed by atoms with E-state index in [-0.39, 0.29) is 10.8 Å². The Hall–Kier alpha value is -1.90. The third-order valence-corrected chi connectivity index (χ3v) is 5.79. The fraction of sp³-hybridized carbons (Fsp3) is 0.545. The maximum Gasteiger partial charge on any atom is 0.128 e. The van der Waals surface area contributed by atoms with Crippen LogP contribution < -0.4 is 4.90 Å². The third kappa shape index (κ3) is 4.20. The van der Waals surface area contributed by atoms with Crippen LogP contribution in [0.3, 0.4) is 0 Å². The second kappa shape index (κ2) is 7.15. The summed E-state index contributed by atoms with van der Waals surface area (Å²) in [5.74, 6) is 1.15. The van der Waals surface area contributed by atoms with Crippen LogP contribution in [-0.4, -0.2) is 23.1 Å². The molecule has 25 heavy (non-hydrogen) atoms. The maximum atomic E-state index is 4.61. The zero-order valence-electron chi connectivity index (χ0n) is 16.1. The number of anilines is 1. The van der Waals surface area contributed by atoms with Gasteiger partial charge >= 0.3 is 0 Å². The van der Waals surface area contributed by atoms with Crippen LogP contribution in [0.15, 0.2) is 42.9 Å². The first-order valence-electron chi connectivity index (χ1n) is 9.50. The van der Waals surface area contributed by atoms with Gasteiger partial charge in [0.2, 0.25) is 0 Å². The molecule has 1 fully saturated rings. The van der Waals surface area contributed by atoms with Crippen molar-refractivity contribution in [3.8, 4) is 0 Å². The molecular weight excluding hydrogens is 306 g/mol. The van der Waals surface area contributed by atoms with E-state index in [1.165, 1.54) is 24.0 Å². The van der Waals surface area contributed by atoms with Crippen molar-refractivity contribution in [1.29, 1.82) is 0 Å². The van der Waals surface area contributed by atoms with Gasteiger partial charge in [-0.15, -0.1) is 0 Å². The van der Waals surface area contributed by atoms with Crippen molar-refractivity contribution in [2.24, 2.45) is 0 Å². The summed E-state index contributed by atoms with van der Waals surface area (Å²) >= 11 is 0. The van der Waals surface area contributed by atoms with Gasteiger partial charge in [-0.3, -0.25) is 4.98 Å². The van der Waals surface area contributed by atoms with Crippen LogP contribution in [0.5, 0.6) is 0 Å². The topological polar surface area (TPSA) is 29.0 Å². The largest absolute Gasteiger partial charge is 0.357 e. The Morgan fingerprint density at radius 2 is 1.40 bits per heavy atom. The summed E-state index contributed by atoms with van der Waals surface area (Å²) in [5, 5.41) is 0. The lowest BCUT2D eigenvalue weighted by molar-refractivity contribution is 0.374. The maximum absolute atomic E-state index is 4.61. The zero-order valence-corrected chi connectivity index (χ0v) is 16.1. The number of rotatable bonds is 6. The van der Waals surface area contributed by atoms with E-state index in [0.717, 1.165) is 31.7 Å². The van der Waals surface area contributed by atoms with E-state index in [0.29, 0.717) is 0 Å². The lowest BCUT2D eigenvalue weighted by Crippen LogP contribution is -2.25. The summed E-state index contributed by atoms with van der Waals surface area (Å²) in [6, 6.07) is 8.79. The lowest BCUT2D eigenvalue weighted by atomic mass is 9.73. The number of hydrogen-bond donors (Lipinski definition) is 0. The average molecular weight is 338 g/mol. The Balaban J connectivity index is 1.72. The van der Waals surface area contributed by atoms with E-state index in [9.17, 15) is 0 Å². The molecule has 0 aromatic carbocycles. The second-order valence-electron chi connectivity index (χ2n) is 8.60. The van der Waals surface area contributed by atoms with Crippen molar-refractivity contribution in [2.75, 3.05) is 18.0 Å². The first-order valence-corrected chi connectivity index (χ1v) is 9.50. The zero-order chi connectivity index (χ0) is 17.9. The number of hydrogen-bond acceptors (Lipinski definition) is 3. The molecule has 0 aliphatic carbocycles. The van der Waals surface area contributed by atoms with Gasteiger partial charge in [0.15, 0.2) is 0 Å². The van der Waals surface area contributed by atoms with Gasteiger partial charge < -0.3 is 4.90 Å². The van der Waals surface area contributed by atoms with Crippen LogP contribution in [0.1, 0.15) is 64.5 Å². The molecule has 0 amide bonds. The normalized spacial score (nSPS) is 15.6. The molecule has 0 atom stereocenters. The average Bonchev–Trinajstić information content (AvgIpc) is 3.16. The standard InChI is InChI=1S/C22H31N3/c1-21(2,18-7-12-23-13-8-18)10-11-22(3,4)19-9-14-24-20(17-19)25-15-5-6-16-25/h7-9,12-14,17H,5-6,10-11,15-16H2,1-4H3. The van der Waals surface area contributed by atoms with Crippen molar-refractivity contribution in [1.82, 2.24) is 9.97 Å². The van der Waals surface area contributed by atoms with Crippen LogP contribution >= 0.6 is 0 Å². The smallest absolute Gasteiger partial charge is 0.128 e. The number of pyridine rings is 2. The minimum absolute atomic E-state index is 0.141. The molecule has 2 aromatic heterocycles. The SMILES string of the molecule is CC(C)(CCC(C)(C)c1ccnc(N2CCCC2)c1)c1ccncc1. The highest BCUT2D eigenvalue weighted by Crippen LogP contribution is 2.36. The number of aromatic nitrogens is 2. The molecular formula is C22H31N3. The Morgan fingerprint density at radius 3 is 2.04 bits per heavy atom. The van der Waals surface area contributed by atoms with Crippen LogP contribution in [0, 0.1) is 0 Å². The Kier molecular flexibility index (Phi) is 5.12. The summed E-state index contributed by atoms with van der Waals surface area (Å²) in [6.07, 6.45) is 10.6. The minimum atomic E-state index is 0.141. The molecule has 0 bridgehead atoms. The Bertz CT molecular complexity index is 685. The summed E-state index contributed by atoms with van der Waals surface area (Å²) < 4.78 is 0. The van der Waals surface area contributed by atoms with Crippen LogP contribution in [0.25, 0.3) is 0 Å². The quantitative estimate of drug-likeness (QED) is 0.733. The molecule has 0 spiro atoms. The summed E-state index contributed by atoms with van der Waals surface area (Å²) in [4.78, 5) is 11.2. The fourth-order valence-electron chi connectivity index (χ4n) is 3.68. The highest BCUT2D eigenvalue weighted by molar-refractivity contribution is 5.43. The molecule has 2 aromatic rings. The van der Waals surface area contributed by atoms with Crippen LogP contribution in [0.2, 0.25) is 0 Å². The first kappa shape index (κ1) is 17.9. The third-order valence-electron chi connectivity index (χ3n) is 5.79. The highest BCUT2D eigenvalue weighted by atomic mass is 15.2. The molecule has 3 rings (SSSR count). The minimum Gasteiger partial charge on any atom is -0.357 e. The number of nitrogens with zero attached hydrogens (tertiary/aromatic N) is 3. The molecule has 134 valence electrons. The van der Waals surface area contributed by atoms with Gasteiger partial charge in [0.25, 0.3) is 0 Å². The Labute approximate surface area is 152 Å². The van der Waals surface area contributed by atoms with E-state index in [2.05, 4.69) is 66.8 Å². The molecule has 0 unspecified atom stereocenters. The van der Waals surface area contributed by atoms with E-state index in [4.69, 9.17) is 0 Å². The first-order chi connectivity index (χ1) is 11.9. The van der Waals surface area contributed by atoms with E-state index >= 15 is 0 Å². The van der Waals surface area contributed by atoms with Crippen LogP contribution in [0.4, 0.5) is 5.82 Å². The summed E-state index contributed by atoms with van der Waals surface area (Å²) in [6.45, 7) is 11.7. The molecule has 0 N–H and O–H groups in total. The molecule has 3 nitrogen and oxygen atoms in total. The van der Waals surface area contributed by atoms with Crippen molar-refractivity contribution in [3.05, 3.63) is 54.0 Å². The van der Waals surface area contributed by atoms with Gasteiger partial charge in [0.05, 0.1) is 0 Å². The predicted molar refractivity (Wildman–Crippen MR) is 105 cm³/mol. The van der Waals surface area contributed by atoms with Gasteiger partial charge in [-0.1, -0.05) is 27.7 Å². The van der Waals surface area contributed by atoms with E-state index in [1.807, 2.05) is 18.6 Å². The predicted octanol–water partition coefficient (Wildman–Crippen LogP) is 5.11. The lowest BCUT2D eigenvalue weighted by Gasteiger charge is -2.32. The van der Waals surface area contributed by atoms with Crippen molar-refractivity contribution >= 4 is 5.82 Å². The molecule has 1 saturated heterocycles. The van der Waals surface area contributed by atoms with Gasteiger partial charge in [0, 0.05) is 31.7 Å². The monoisotopic (exact) mass is 337 g/mol. The molecule has 0 saturated carbocycles. The van der Waals surface area contributed by atoms with E-state index < -0.39 is 0 Å². The van der Waals surface area contributed by atoms with Crippen molar-refractivity contribution in [3.63, 3.8) is 0 Å². The summed E-state index contributed by atoms with van der Waals surface area (Å²) in [5.41, 5.74) is 3.06. The second-order valence-corrected chi connectivity index (χ2v) is 8.60. The highest BCUT2D eigenvalue weighted by Gasteiger charge is 2.28. The van der Waals surface area contributed by atoms with E-state index in [1.54, 1.807) is 0 Å². The molecule has 1 aliphatic rings. The summed E-state index contributed by atoms with van der Waals surface area (Å²) in [7, 11) is 0. The van der Waals surface area contributed by atoms with Crippen molar-refractivity contribution in [2.45, 2.75) is 64.2 Å². The molecule has 0 radical (unpaired) electrons. The van der Waals surface area contributed by atoms with Crippen molar-refractivity contribution < 1.29 is 0 Å². The molecule has 3 heteroatoms. The van der Waals surface area contributed by atoms with Gasteiger partial charge in [-0.2, -0.15) is 0 Å². The van der Waals surface area contributed by atoms with Crippen LogP contribution in [-0.2, 0) is 10.8 Å². The van der Waals surface area contributed by atoms with Gasteiger partial charge in [-0.05, 0) is 71.9 Å². The van der Waals surface area contributed by atoms with Gasteiger partial charge in [-0.25, -0.2) is 4.98 Å². The Morgan fingerprint density at radius 1 is 0.840 bits per heavy atom. The molecule has 1 aliphatic heterocycles. The molecule has 3 heterocycles. The fourth-order valence-corrected chi connectivity index (χ4v) is 3.68. The van der Waals surface area contributed by atoms with Gasteiger partial charge in [0.1, 0.15) is 5.82 Å².